The number of fused-ring (bicyclic) bond motifs is 1. The van der Waals surface area contributed by atoms with Crippen molar-refractivity contribution in [3.05, 3.63) is 81.1 Å². The van der Waals surface area contributed by atoms with Crippen LogP contribution in [0.4, 0.5) is 5.82 Å². The Labute approximate surface area is 192 Å². The first-order valence-electron chi connectivity index (χ1n) is 10.7. The van der Waals surface area contributed by atoms with Crippen LogP contribution in [0.5, 0.6) is 5.75 Å². The zero-order valence-electron chi connectivity index (χ0n) is 18.7. The molecular formula is C25H27N3O3S. The van der Waals surface area contributed by atoms with Gasteiger partial charge in [0, 0.05) is 30.7 Å². The fourth-order valence-corrected chi connectivity index (χ4v) is 4.81. The summed E-state index contributed by atoms with van der Waals surface area (Å²) in [5, 5.41) is 3.48. The molecule has 1 amide bonds. The van der Waals surface area contributed by atoms with Crippen molar-refractivity contribution in [3.8, 4) is 5.75 Å². The lowest BCUT2D eigenvalue weighted by atomic mass is 9.86. The van der Waals surface area contributed by atoms with Crippen molar-refractivity contribution in [2.45, 2.75) is 50.1 Å². The van der Waals surface area contributed by atoms with E-state index in [4.69, 9.17) is 4.74 Å². The van der Waals surface area contributed by atoms with E-state index < -0.39 is 5.92 Å². The normalized spacial score (nSPS) is 15.4. The molecule has 2 aromatic carbocycles. The molecule has 0 aliphatic carbocycles. The second-order valence-corrected chi connectivity index (χ2v) is 9.25. The molecule has 166 valence electrons. The lowest BCUT2D eigenvalue weighted by Crippen LogP contribution is -2.33. The molecule has 0 fully saturated rings. The average Bonchev–Trinajstić information content (AvgIpc) is 2.75. The van der Waals surface area contributed by atoms with E-state index in [1.807, 2.05) is 49.7 Å². The van der Waals surface area contributed by atoms with Crippen molar-refractivity contribution in [1.29, 1.82) is 0 Å². The van der Waals surface area contributed by atoms with Gasteiger partial charge in [0.25, 0.3) is 5.56 Å². The second-order valence-electron chi connectivity index (χ2n) is 8.30. The number of nitrogens with one attached hydrogen (secondary N) is 1. The summed E-state index contributed by atoms with van der Waals surface area (Å²) in [5.74, 6) is 1.35. The summed E-state index contributed by atoms with van der Waals surface area (Å²) in [6.07, 6.45) is 0.160. The summed E-state index contributed by atoms with van der Waals surface area (Å²) in [7, 11) is 1.84. The molecule has 1 aromatic heterocycles. The number of hydrogen-bond acceptors (Lipinski definition) is 5. The molecule has 1 aliphatic heterocycles. The van der Waals surface area contributed by atoms with Gasteiger partial charge in [0.05, 0.1) is 11.7 Å². The van der Waals surface area contributed by atoms with Crippen LogP contribution in [0, 0.1) is 6.92 Å². The molecule has 0 unspecified atom stereocenters. The van der Waals surface area contributed by atoms with Gasteiger partial charge in [0.1, 0.15) is 11.6 Å². The van der Waals surface area contributed by atoms with Crippen molar-refractivity contribution in [2.24, 2.45) is 7.05 Å². The fraction of sp³-hybridized carbons (Fsp3) is 0.320. The van der Waals surface area contributed by atoms with Crippen LogP contribution < -0.4 is 15.6 Å². The zero-order chi connectivity index (χ0) is 22.8. The number of benzene rings is 2. The average molecular weight is 450 g/mol. The maximum Gasteiger partial charge on any atom is 0.279 e. The number of rotatable bonds is 6. The van der Waals surface area contributed by atoms with Crippen LogP contribution in [0.2, 0.25) is 0 Å². The maximum atomic E-state index is 13.2. The SMILES string of the molecule is Cc1ccc(CSc2nc(=O)c3c(n2C)NC(=O)C[C@H]3c2ccccc2OC(C)C)cc1. The van der Waals surface area contributed by atoms with Gasteiger partial charge in [0.2, 0.25) is 5.91 Å². The van der Waals surface area contributed by atoms with Gasteiger partial charge in [-0.1, -0.05) is 59.8 Å². The second kappa shape index (κ2) is 9.20. The highest BCUT2D eigenvalue weighted by Gasteiger charge is 2.33. The predicted octanol–water partition coefficient (Wildman–Crippen LogP) is 4.64. The number of carbonyl (C=O) groups is 1. The highest BCUT2D eigenvalue weighted by molar-refractivity contribution is 7.98. The first-order valence-corrected chi connectivity index (χ1v) is 11.7. The number of thioether (sulfide) groups is 1. The zero-order valence-corrected chi connectivity index (χ0v) is 19.5. The molecule has 3 aromatic rings. The molecule has 1 atom stereocenters. The van der Waals surface area contributed by atoms with Crippen LogP contribution in [-0.2, 0) is 17.6 Å². The molecule has 0 saturated carbocycles. The van der Waals surface area contributed by atoms with E-state index >= 15 is 0 Å². The van der Waals surface area contributed by atoms with Crippen molar-refractivity contribution < 1.29 is 9.53 Å². The number of aryl methyl sites for hydroxylation is 1. The molecule has 0 bridgehead atoms. The molecule has 2 heterocycles. The molecule has 1 aliphatic rings. The lowest BCUT2D eigenvalue weighted by molar-refractivity contribution is -0.116. The van der Waals surface area contributed by atoms with Gasteiger partial charge in [0.15, 0.2) is 5.16 Å². The minimum atomic E-state index is -0.406. The molecule has 32 heavy (non-hydrogen) atoms. The van der Waals surface area contributed by atoms with Gasteiger partial charge in [-0.25, -0.2) is 0 Å². The molecule has 4 rings (SSSR count). The van der Waals surface area contributed by atoms with E-state index in [2.05, 4.69) is 41.5 Å². The number of amides is 1. The van der Waals surface area contributed by atoms with E-state index in [1.165, 1.54) is 17.3 Å². The number of aromatic nitrogens is 2. The van der Waals surface area contributed by atoms with Gasteiger partial charge in [-0.2, -0.15) is 4.98 Å². The molecule has 0 spiro atoms. The van der Waals surface area contributed by atoms with Gasteiger partial charge >= 0.3 is 0 Å². The number of nitrogens with zero attached hydrogens (tertiary/aromatic N) is 2. The third-order valence-electron chi connectivity index (χ3n) is 5.45. The smallest absolute Gasteiger partial charge is 0.279 e. The monoisotopic (exact) mass is 449 g/mol. The predicted molar refractivity (Wildman–Crippen MR) is 128 cm³/mol. The maximum absolute atomic E-state index is 13.2. The number of para-hydroxylation sites is 1. The minimum absolute atomic E-state index is 0.0189. The van der Waals surface area contributed by atoms with Crippen molar-refractivity contribution in [1.82, 2.24) is 9.55 Å². The Balaban J connectivity index is 1.72. The van der Waals surface area contributed by atoms with Crippen molar-refractivity contribution in [2.75, 3.05) is 5.32 Å². The lowest BCUT2D eigenvalue weighted by Gasteiger charge is -2.28. The highest BCUT2D eigenvalue weighted by Crippen LogP contribution is 2.39. The fourth-order valence-electron chi connectivity index (χ4n) is 3.89. The molecule has 6 nitrogen and oxygen atoms in total. The van der Waals surface area contributed by atoms with E-state index in [0.717, 1.165) is 11.1 Å². The highest BCUT2D eigenvalue weighted by atomic mass is 32.2. The summed E-state index contributed by atoms with van der Waals surface area (Å²) in [6.45, 7) is 5.96. The topological polar surface area (TPSA) is 73.2 Å². The summed E-state index contributed by atoms with van der Waals surface area (Å²) < 4.78 is 7.78. The number of hydrogen-bond donors (Lipinski definition) is 1. The molecule has 7 heteroatoms. The number of carbonyl (C=O) groups excluding carboxylic acids is 1. The van der Waals surface area contributed by atoms with Gasteiger partial charge in [-0.15, -0.1) is 0 Å². The Kier molecular flexibility index (Phi) is 6.37. The van der Waals surface area contributed by atoms with Crippen LogP contribution in [-0.4, -0.2) is 21.6 Å². The van der Waals surface area contributed by atoms with Crippen molar-refractivity contribution in [3.63, 3.8) is 0 Å². The molecule has 0 saturated heterocycles. The third kappa shape index (κ3) is 4.58. The Morgan fingerprint density at radius 1 is 1.16 bits per heavy atom. The summed E-state index contributed by atoms with van der Waals surface area (Å²) in [4.78, 5) is 30.2. The first-order chi connectivity index (χ1) is 15.3. The quantitative estimate of drug-likeness (QED) is 0.438. The van der Waals surface area contributed by atoms with E-state index in [1.54, 1.807) is 0 Å². The molecular weight excluding hydrogens is 422 g/mol. The first kappa shape index (κ1) is 22.1. The largest absolute Gasteiger partial charge is 0.491 e. The summed E-state index contributed by atoms with van der Waals surface area (Å²) in [6, 6.07) is 15.9. The Morgan fingerprint density at radius 2 is 1.88 bits per heavy atom. The van der Waals surface area contributed by atoms with Crippen LogP contribution in [0.15, 0.2) is 58.5 Å². The van der Waals surface area contributed by atoms with E-state index in [-0.39, 0.29) is 24.0 Å². The minimum Gasteiger partial charge on any atom is -0.491 e. The number of anilines is 1. The van der Waals surface area contributed by atoms with E-state index in [0.29, 0.717) is 28.0 Å². The Morgan fingerprint density at radius 3 is 2.59 bits per heavy atom. The van der Waals surface area contributed by atoms with E-state index in [9.17, 15) is 9.59 Å². The number of ether oxygens (including phenoxy) is 1. The van der Waals surface area contributed by atoms with Gasteiger partial charge < -0.3 is 14.6 Å². The summed E-state index contributed by atoms with van der Waals surface area (Å²) in [5.41, 5.74) is 3.37. The van der Waals surface area contributed by atoms with Crippen LogP contribution >= 0.6 is 11.8 Å². The van der Waals surface area contributed by atoms with Gasteiger partial charge in [-0.3, -0.25) is 9.59 Å². The van der Waals surface area contributed by atoms with Crippen LogP contribution in [0.1, 0.15) is 48.4 Å². The molecule has 1 N–H and O–H groups in total. The van der Waals surface area contributed by atoms with Crippen LogP contribution in [0.3, 0.4) is 0 Å². The standard InChI is InChI=1S/C25H27N3O3S/c1-15(2)31-20-8-6-5-7-18(20)19-13-21(29)26-23-22(19)24(30)27-25(28(23)4)32-14-17-11-9-16(3)10-12-17/h5-12,15,19H,13-14H2,1-4H3,(H,26,29)/t19-/m0/s1. The molecule has 0 radical (unpaired) electrons. The third-order valence-corrected chi connectivity index (χ3v) is 6.55. The van der Waals surface area contributed by atoms with Crippen molar-refractivity contribution >= 4 is 23.5 Å². The summed E-state index contributed by atoms with van der Waals surface area (Å²) >= 11 is 1.48. The Bertz CT molecular complexity index is 1200. The van der Waals surface area contributed by atoms with Gasteiger partial charge in [-0.05, 0) is 32.4 Å². The van der Waals surface area contributed by atoms with Crippen LogP contribution in [0.25, 0.3) is 0 Å². The Hall–Kier alpha value is -3.06.